The lowest BCUT2D eigenvalue weighted by molar-refractivity contribution is 0.473. The van der Waals surface area contributed by atoms with Crippen LogP contribution in [0, 0.1) is 11.5 Å². The van der Waals surface area contributed by atoms with Crippen LogP contribution in [0.4, 0.5) is 5.69 Å². The maximum atomic E-state index is 8.58. The minimum atomic E-state index is 0.473. The van der Waals surface area contributed by atoms with Crippen LogP contribution in [-0.4, -0.2) is 21.6 Å². The van der Waals surface area contributed by atoms with Crippen molar-refractivity contribution in [3.63, 3.8) is 0 Å². The number of benzene rings is 1. The van der Waals surface area contributed by atoms with E-state index < -0.39 is 0 Å². The molecule has 0 radical (unpaired) electrons. The van der Waals surface area contributed by atoms with Gasteiger partial charge in [-0.25, -0.2) is 4.99 Å². The van der Waals surface area contributed by atoms with Gasteiger partial charge in [-0.2, -0.15) is 5.26 Å². The lowest BCUT2D eigenvalue weighted by Gasteiger charge is -2.03. The number of rotatable bonds is 3. The topological polar surface area (TPSA) is 83.2 Å². The molecule has 1 heterocycles. The Morgan fingerprint density at radius 2 is 2.47 bits per heavy atom. The number of ether oxygens (including phenoxy) is 1. The van der Waals surface area contributed by atoms with Crippen molar-refractivity contribution < 1.29 is 4.74 Å². The van der Waals surface area contributed by atoms with Gasteiger partial charge in [0.15, 0.2) is 11.4 Å². The SMILES string of the molecule is CSC(=Nc1cccc(Oc2nncs2)c1)NC#N. The van der Waals surface area contributed by atoms with E-state index in [2.05, 4.69) is 20.5 Å². The highest BCUT2D eigenvalue weighted by Gasteiger charge is 2.02. The van der Waals surface area contributed by atoms with E-state index in [9.17, 15) is 0 Å². The van der Waals surface area contributed by atoms with Crippen LogP contribution in [-0.2, 0) is 0 Å². The Kier molecular flexibility index (Phi) is 4.72. The quantitative estimate of drug-likeness (QED) is 0.405. The van der Waals surface area contributed by atoms with Gasteiger partial charge in [0, 0.05) is 6.07 Å². The molecule has 2 rings (SSSR count). The number of thioether (sulfide) groups is 1. The van der Waals surface area contributed by atoms with Gasteiger partial charge in [-0.15, -0.1) is 5.10 Å². The zero-order valence-electron chi connectivity index (χ0n) is 9.90. The van der Waals surface area contributed by atoms with Crippen LogP contribution < -0.4 is 10.1 Å². The Hall–Kier alpha value is -2.11. The summed E-state index contributed by atoms with van der Waals surface area (Å²) in [5.74, 6) is 0.621. The van der Waals surface area contributed by atoms with Crippen molar-refractivity contribution in [3.8, 4) is 17.1 Å². The van der Waals surface area contributed by atoms with Gasteiger partial charge in [-0.05, 0) is 18.4 Å². The number of nitriles is 1. The van der Waals surface area contributed by atoms with Gasteiger partial charge >= 0.3 is 0 Å². The molecule has 8 heteroatoms. The third-order valence-electron chi connectivity index (χ3n) is 1.95. The van der Waals surface area contributed by atoms with E-state index in [1.165, 1.54) is 23.1 Å². The number of nitrogens with zero attached hydrogens (tertiary/aromatic N) is 4. The zero-order chi connectivity index (χ0) is 13.5. The van der Waals surface area contributed by atoms with Crippen LogP contribution in [0.25, 0.3) is 0 Å². The fourth-order valence-corrected chi connectivity index (χ4v) is 1.98. The predicted molar refractivity (Wildman–Crippen MR) is 75.8 cm³/mol. The molecule has 2 aromatic rings. The normalized spacial score (nSPS) is 10.8. The summed E-state index contributed by atoms with van der Waals surface area (Å²) in [5, 5.41) is 19.6. The standard InChI is InChI=1S/C11H9N5OS2/c1-18-10(13-6-12)15-8-3-2-4-9(5-8)17-11-16-14-7-19-11/h2-5,7H,1H3,(H,13,15). The molecule has 19 heavy (non-hydrogen) atoms. The Labute approximate surface area is 118 Å². The summed E-state index contributed by atoms with van der Waals surface area (Å²) in [4.78, 5) is 4.29. The number of hydrogen-bond donors (Lipinski definition) is 1. The molecule has 1 aromatic carbocycles. The third-order valence-corrected chi connectivity index (χ3v) is 3.10. The molecule has 0 aliphatic carbocycles. The summed E-state index contributed by atoms with van der Waals surface area (Å²) in [6, 6.07) is 7.20. The zero-order valence-corrected chi connectivity index (χ0v) is 11.5. The van der Waals surface area contributed by atoms with E-state index in [1.54, 1.807) is 17.6 Å². The molecular formula is C11H9N5OS2. The van der Waals surface area contributed by atoms with Gasteiger partial charge in [0.2, 0.25) is 0 Å². The molecule has 1 aromatic heterocycles. The Balaban J connectivity index is 2.17. The molecule has 0 saturated carbocycles. The molecular weight excluding hydrogens is 282 g/mol. The van der Waals surface area contributed by atoms with Gasteiger partial charge < -0.3 is 4.74 Å². The second kappa shape index (κ2) is 6.72. The van der Waals surface area contributed by atoms with Crippen LogP contribution >= 0.6 is 23.1 Å². The summed E-state index contributed by atoms with van der Waals surface area (Å²) < 4.78 is 5.52. The predicted octanol–water partition coefficient (Wildman–Crippen LogP) is 2.75. The molecule has 0 atom stereocenters. The molecule has 1 N–H and O–H groups in total. The Bertz CT molecular complexity index is 606. The lowest BCUT2D eigenvalue weighted by atomic mass is 10.3. The minimum Gasteiger partial charge on any atom is -0.430 e. The molecule has 0 unspecified atom stereocenters. The Morgan fingerprint density at radius 1 is 1.58 bits per heavy atom. The molecule has 0 spiro atoms. The molecule has 96 valence electrons. The number of aliphatic imine (C=N–C) groups is 1. The first-order valence-corrected chi connectivity index (χ1v) is 7.24. The summed E-state index contributed by atoms with van der Waals surface area (Å²) in [5.41, 5.74) is 2.29. The van der Waals surface area contributed by atoms with Crippen molar-refractivity contribution >= 4 is 34.0 Å². The fourth-order valence-electron chi connectivity index (χ4n) is 1.21. The molecule has 6 nitrogen and oxygen atoms in total. The maximum absolute atomic E-state index is 8.58. The van der Waals surface area contributed by atoms with E-state index in [4.69, 9.17) is 10.00 Å². The second-order valence-corrected chi connectivity index (χ2v) is 4.75. The summed E-state index contributed by atoms with van der Waals surface area (Å²) >= 11 is 2.67. The first kappa shape index (κ1) is 13.3. The molecule has 0 fully saturated rings. The van der Waals surface area contributed by atoms with Crippen LogP contribution in [0.5, 0.6) is 10.9 Å². The fraction of sp³-hybridized carbons (Fsp3) is 0.0909. The van der Waals surface area contributed by atoms with Gasteiger partial charge in [0.05, 0.1) is 5.69 Å². The molecule has 0 bridgehead atoms. The van der Waals surface area contributed by atoms with Crippen LogP contribution in [0.3, 0.4) is 0 Å². The molecule has 0 aliphatic heterocycles. The van der Waals surface area contributed by atoms with E-state index >= 15 is 0 Å². The monoisotopic (exact) mass is 291 g/mol. The highest BCUT2D eigenvalue weighted by atomic mass is 32.2. The number of aromatic nitrogens is 2. The third kappa shape index (κ3) is 3.94. The molecule has 0 amide bonds. The van der Waals surface area contributed by atoms with Crippen molar-refractivity contribution in [1.82, 2.24) is 15.5 Å². The number of amidine groups is 1. The minimum absolute atomic E-state index is 0.473. The van der Waals surface area contributed by atoms with Crippen molar-refractivity contribution in [2.24, 2.45) is 4.99 Å². The van der Waals surface area contributed by atoms with Crippen LogP contribution in [0.15, 0.2) is 34.8 Å². The lowest BCUT2D eigenvalue weighted by Crippen LogP contribution is -2.12. The largest absolute Gasteiger partial charge is 0.430 e. The van der Waals surface area contributed by atoms with E-state index in [0.717, 1.165) is 0 Å². The van der Waals surface area contributed by atoms with E-state index in [0.29, 0.717) is 21.8 Å². The first-order chi connectivity index (χ1) is 9.31. The van der Waals surface area contributed by atoms with Gasteiger partial charge in [-0.1, -0.05) is 34.3 Å². The first-order valence-electron chi connectivity index (χ1n) is 5.13. The smallest absolute Gasteiger partial charge is 0.299 e. The summed E-state index contributed by atoms with van der Waals surface area (Å²) in [6.07, 6.45) is 3.68. The van der Waals surface area contributed by atoms with Gasteiger partial charge in [0.1, 0.15) is 11.3 Å². The van der Waals surface area contributed by atoms with Crippen molar-refractivity contribution in [1.29, 1.82) is 5.26 Å². The highest BCUT2D eigenvalue weighted by molar-refractivity contribution is 8.13. The van der Waals surface area contributed by atoms with Gasteiger partial charge in [0.25, 0.3) is 5.19 Å². The van der Waals surface area contributed by atoms with E-state index in [-0.39, 0.29) is 0 Å². The second-order valence-electron chi connectivity index (χ2n) is 3.16. The number of nitrogens with one attached hydrogen (secondary N) is 1. The van der Waals surface area contributed by atoms with Crippen molar-refractivity contribution in [2.45, 2.75) is 0 Å². The molecule has 0 aliphatic rings. The average Bonchev–Trinajstić information content (AvgIpc) is 2.91. The number of hydrogen-bond acceptors (Lipinski definition) is 7. The highest BCUT2D eigenvalue weighted by Crippen LogP contribution is 2.26. The summed E-state index contributed by atoms with van der Waals surface area (Å²) in [7, 11) is 0. The van der Waals surface area contributed by atoms with Gasteiger partial charge in [-0.3, -0.25) is 5.32 Å². The Morgan fingerprint density at radius 3 is 3.16 bits per heavy atom. The maximum Gasteiger partial charge on any atom is 0.299 e. The van der Waals surface area contributed by atoms with E-state index in [1.807, 2.05) is 24.6 Å². The molecule has 0 saturated heterocycles. The average molecular weight is 291 g/mol. The van der Waals surface area contributed by atoms with Crippen LogP contribution in [0.1, 0.15) is 0 Å². The van der Waals surface area contributed by atoms with Crippen molar-refractivity contribution in [3.05, 3.63) is 29.8 Å². The summed E-state index contributed by atoms with van der Waals surface area (Å²) in [6.45, 7) is 0. The van der Waals surface area contributed by atoms with Crippen LogP contribution in [0.2, 0.25) is 0 Å². The van der Waals surface area contributed by atoms with Crippen molar-refractivity contribution in [2.75, 3.05) is 6.26 Å².